The van der Waals surface area contributed by atoms with Crippen molar-refractivity contribution in [1.82, 2.24) is 0 Å². The van der Waals surface area contributed by atoms with E-state index in [0.29, 0.717) is 22.6 Å². The number of carboxylic acids is 1. The molecule has 0 aromatic heterocycles. The van der Waals surface area contributed by atoms with Crippen LogP contribution in [-0.2, 0) is 14.3 Å². The van der Waals surface area contributed by atoms with Gasteiger partial charge in [0.25, 0.3) is 5.91 Å². The van der Waals surface area contributed by atoms with Gasteiger partial charge in [0, 0.05) is 17.2 Å². The smallest absolute Gasteiger partial charge is 0.328 e. The quantitative estimate of drug-likeness (QED) is 0.757. The van der Waals surface area contributed by atoms with E-state index >= 15 is 0 Å². The molecule has 2 heterocycles. The van der Waals surface area contributed by atoms with Crippen molar-refractivity contribution in [2.24, 2.45) is 0 Å². The first-order chi connectivity index (χ1) is 13.7. The van der Waals surface area contributed by atoms with Crippen molar-refractivity contribution in [3.05, 3.63) is 82.9 Å². The lowest BCUT2D eigenvalue weighted by atomic mass is 9.91. The Morgan fingerprint density at radius 3 is 2.76 bits per heavy atom. The van der Waals surface area contributed by atoms with Crippen LogP contribution in [-0.4, -0.2) is 22.6 Å². The van der Waals surface area contributed by atoms with Crippen molar-refractivity contribution in [1.29, 1.82) is 0 Å². The van der Waals surface area contributed by atoms with Gasteiger partial charge in [0.2, 0.25) is 0 Å². The molecule has 2 aromatic carbocycles. The maximum atomic E-state index is 13.5. The Bertz CT molecular complexity index is 1140. The summed E-state index contributed by atoms with van der Waals surface area (Å²) in [5, 5.41) is 11.5. The fourth-order valence-corrected chi connectivity index (χ4v) is 3.59. The van der Waals surface area contributed by atoms with Gasteiger partial charge in [-0.1, -0.05) is 18.2 Å². The maximum absolute atomic E-state index is 13.5. The monoisotopic (exact) mass is 391 g/mol. The maximum Gasteiger partial charge on any atom is 0.328 e. The third-order valence-electron chi connectivity index (χ3n) is 4.88. The molecule has 2 aliphatic rings. The number of amides is 1. The number of hydrogen-bond donors (Lipinski definition) is 2. The van der Waals surface area contributed by atoms with Crippen LogP contribution in [0.15, 0.2) is 60.4 Å². The Morgan fingerprint density at radius 1 is 1.21 bits per heavy atom. The van der Waals surface area contributed by atoms with Crippen LogP contribution in [0.3, 0.4) is 0 Å². The SMILES string of the molecule is CC1(C)O/C(=C2/C(=O)Nc3cc(F)ccc32)C=C1c1cccc(/C=C/C(=O)O)c1. The lowest BCUT2D eigenvalue weighted by Crippen LogP contribution is -2.21. The van der Waals surface area contributed by atoms with Crippen LogP contribution in [0.2, 0.25) is 0 Å². The molecular formula is C23H18FNO4. The summed E-state index contributed by atoms with van der Waals surface area (Å²) in [5.41, 5.74) is 3.12. The Morgan fingerprint density at radius 2 is 2.00 bits per heavy atom. The summed E-state index contributed by atoms with van der Waals surface area (Å²) in [5.74, 6) is -1.37. The number of halogens is 1. The average Bonchev–Trinajstić information content (AvgIpc) is 3.14. The first-order valence-corrected chi connectivity index (χ1v) is 9.03. The molecule has 0 radical (unpaired) electrons. The standard InChI is InChI=1S/C23H18FNO4/c1-23(2)17(14-5-3-4-13(10-14)6-9-20(26)27)12-19(29-23)21-16-8-7-15(24)11-18(16)25-22(21)28/h3-12H,1-2H3,(H,25,28)(H,26,27)/b9-6+,21-19+. The van der Waals surface area contributed by atoms with Gasteiger partial charge in [0.1, 0.15) is 17.2 Å². The molecule has 0 saturated carbocycles. The van der Waals surface area contributed by atoms with Crippen LogP contribution < -0.4 is 5.32 Å². The van der Waals surface area contributed by atoms with E-state index in [0.717, 1.165) is 22.8 Å². The van der Waals surface area contributed by atoms with Gasteiger partial charge in [-0.25, -0.2) is 9.18 Å². The van der Waals surface area contributed by atoms with E-state index in [2.05, 4.69) is 5.32 Å². The molecule has 146 valence electrons. The van der Waals surface area contributed by atoms with Gasteiger partial charge in [-0.15, -0.1) is 0 Å². The molecule has 0 fully saturated rings. The van der Waals surface area contributed by atoms with E-state index in [1.807, 2.05) is 38.1 Å². The van der Waals surface area contributed by atoms with Gasteiger partial charge in [-0.05, 0) is 61.4 Å². The zero-order chi connectivity index (χ0) is 20.8. The Balaban J connectivity index is 1.80. The predicted octanol–water partition coefficient (Wildman–Crippen LogP) is 4.48. The Hall–Kier alpha value is -3.67. The zero-order valence-electron chi connectivity index (χ0n) is 15.8. The van der Waals surface area contributed by atoms with Crippen LogP contribution in [0, 0.1) is 5.82 Å². The minimum atomic E-state index is -1.02. The van der Waals surface area contributed by atoms with Crippen LogP contribution in [0.5, 0.6) is 0 Å². The zero-order valence-corrected chi connectivity index (χ0v) is 15.8. The van der Waals surface area contributed by atoms with Gasteiger partial charge in [0.05, 0.1) is 11.3 Å². The van der Waals surface area contributed by atoms with Crippen LogP contribution in [0.25, 0.3) is 17.2 Å². The molecule has 0 atom stereocenters. The number of nitrogens with one attached hydrogen (secondary N) is 1. The van der Waals surface area contributed by atoms with E-state index in [9.17, 15) is 14.0 Å². The first kappa shape index (κ1) is 18.7. The van der Waals surface area contributed by atoms with E-state index in [4.69, 9.17) is 9.84 Å². The molecule has 1 amide bonds. The number of anilines is 1. The normalized spacial score (nSPS) is 19.7. The summed E-state index contributed by atoms with van der Waals surface area (Å²) in [7, 11) is 0. The van der Waals surface area contributed by atoms with Crippen LogP contribution in [0.4, 0.5) is 10.1 Å². The molecule has 29 heavy (non-hydrogen) atoms. The molecule has 2 aromatic rings. The molecule has 0 bridgehead atoms. The van der Waals surface area contributed by atoms with Crippen molar-refractivity contribution in [3.8, 4) is 0 Å². The number of hydrogen-bond acceptors (Lipinski definition) is 3. The van der Waals surface area contributed by atoms with Crippen molar-refractivity contribution >= 4 is 34.8 Å². The number of ether oxygens (including phenoxy) is 1. The van der Waals surface area contributed by atoms with Crippen molar-refractivity contribution in [3.63, 3.8) is 0 Å². The van der Waals surface area contributed by atoms with E-state index < -0.39 is 17.4 Å². The molecule has 4 rings (SSSR count). The van der Waals surface area contributed by atoms with Gasteiger partial charge < -0.3 is 15.2 Å². The van der Waals surface area contributed by atoms with Gasteiger partial charge in [-0.2, -0.15) is 0 Å². The molecule has 2 N–H and O–H groups in total. The highest BCUT2D eigenvalue weighted by Crippen LogP contribution is 2.44. The molecule has 0 unspecified atom stereocenters. The number of rotatable bonds is 3. The number of carboxylic acid groups (broad SMARTS) is 1. The predicted molar refractivity (Wildman–Crippen MR) is 108 cm³/mol. The lowest BCUT2D eigenvalue weighted by molar-refractivity contribution is -0.131. The number of benzene rings is 2. The Kier molecular flexibility index (Phi) is 4.34. The number of carbonyl (C=O) groups is 2. The average molecular weight is 391 g/mol. The van der Waals surface area contributed by atoms with E-state index in [1.165, 1.54) is 18.2 Å². The fraction of sp³-hybridized carbons (Fsp3) is 0.130. The van der Waals surface area contributed by atoms with E-state index in [1.54, 1.807) is 12.1 Å². The van der Waals surface area contributed by atoms with Crippen LogP contribution >= 0.6 is 0 Å². The minimum absolute atomic E-state index is 0.341. The molecular weight excluding hydrogens is 373 g/mol. The second kappa shape index (κ2) is 6.74. The second-order valence-electron chi connectivity index (χ2n) is 7.35. The number of carbonyl (C=O) groups excluding carboxylic acids is 1. The van der Waals surface area contributed by atoms with Crippen molar-refractivity contribution in [2.45, 2.75) is 19.4 Å². The largest absolute Gasteiger partial charge is 0.482 e. The molecule has 0 saturated heterocycles. The number of allylic oxidation sites excluding steroid dienone is 1. The number of fused-ring (bicyclic) bond motifs is 1. The van der Waals surface area contributed by atoms with Gasteiger partial charge in [0.15, 0.2) is 0 Å². The summed E-state index contributed by atoms with van der Waals surface area (Å²) in [4.78, 5) is 23.3. The lowest BCUT2D eigenvalue weighted by Gasteiger charge is -2.23. The summed E-state index contributed by atoms with van der Waals surface area (Å²) in [6.45, 7) is 3.79. The molecule has 5 nitrogen and oxygen atoms in total. The summed E-state index contributed by atoms with van der Waals surface area (Å²) in [6, 6.07) is 11.6. The highest BCUT2D eigenvalue weighted by Gasteiger charge is 2.38. The van der Waals surface area contributed by atoms with Gasteiger partial charge >= 0.3 is 5.97 Å². The second-order valence-corrected chi connectivity index (χ2v) is 7.35. The highest BCUT2D eigenvalue weighted by molar-refractivity contribution is 6.32. The Labute approximate surface area is 166 Å². The topological polar surface area (TPSA) is 75.6 Å². The highest BCUT2D eigenvalue weighted by atomic mass is 19.1. The number of aliphatic carboxylic acids is 1. The molecule has 2 aliphatic heterocycles. The summed E-state index contributed by atoms with van der Waals surface area (Å²) in [6.07, 6.45) is 4.41. The fourth-order valence-electron chi connectivity index (χ4n) is 3.59. The van der Waals surface area contributed by atoms with Gasteiger partial charge in [-0.3, -0.25) is 4.79 Å². The molecule has 6 heteroatoms. The summed E-state index contributed by atoms with van der Waals surface area (Å²) >= 11 is 0. The molecule has 0 spiro atoms. The van der Waals surface area contributed by atoms with Crippen LogP contribution in [0.1, 0.15) is 30.5 Å². The molecule has 0 aliphatic carbocycles. The summed E-state index contributed by atoms with van der Waals surface area (Å²) < 4.78 is 19.6. The first-order valence-electron chi connectivity index (χ1n) is 9.03. The third-order valence-corrected chi connectivity index (χ3v) is 4.88. The third kappa shape index (κ3) is 3.45. The minimum Gasteiger partial charge on any atom is -0.482 e. The van der Waals surface area contributed by atoms with Crippen molar-refractivity contribution < 1.29 is 23.8 Å². The van der Waals surface area contributed by atoms with E-state index in [-0.39, 0.29) is 5.91 Å². The van der Waals surface area contributed by atoms with Crippen molar-refractivity contribution in [2.75, 3.05) is 5.32 Å².